The van der Waals surface area contributed by atoms with E-state index in [1.165, 1.54) is 41.0 Å². The van der Waals surface area contributed by atoms with Crippen LogP contribution in [-0.4, -0.2) is 4.98 Å². The molecule has 0 aliphatic heterocycles. The first kappa shape index (κ1) is 12.7. The molecule has 0 saturated heterocycles. The molecule has 100 valence electrons. The predicted octanol–water partition coefficient (Wildman–Crippen LogP) is 4.15. The molecule has 0 amide bonds. The Hall–Kier alpha value is -1.35. The standard InChI is InChI=1S/C16H20N2S/c1-2-5-11-6-3-4-7-13(11)10-14-15(12-8-9-12)18-16(17)19-14/h3-4,6-7,12H,2,5,8-10H2,1H3,(H2,17,18). The monoisotopic (exact) mass is 272 g/mol. The van der Waals surface area contributed by atoms with Gasteiger partial charge in [-0.2, -0.15) is 0 Å². The van der Waals surface area contributed by atoms with Crippen molar-refractivity contribution in [1.29, 1.82) is 0 Å². The summed E-state index contributed by atoms with van der Waals surface area (Å²) < 4.78 is 0. The summed E-state index contributed by atoms with van der Waals surface area (Å²) in [5.74, 6) is 0.682. The molecule has 1 saturated carbocycles. The molecule has 0 spiro atoms. The van der Waals surface area contributed by atoms with Crippen LogP contribution in [0.15, 0.2) is 24.3 Å². The number of nitrogens with zero attached hydrogens (tertiary/aromatic N) is 1. The molecule has 0 radical (unpaired) electrons. The third kappa shape index (κ3) is 2.81. The first-order valence-corrected chi connectivity index (χ1v) is 7.91. The second-order valence-corrected chi connectivity index (χ2v) is 6.45. The number of rotatable bonds is 5. The van der Waals surface area contributed by atoms with E-state index in [1.807, 2.05) is 0 Å². The van der Waals surface area contributed by atoms with Gasteiger partial charge in [0.15, 0.2) is 5.13 Å². The molecule has 0 unspecified atom stereocenters. The van der Waals surface area contributed by atoms with E-state index in [1.54, 1.807) is 11.3 Å². The minimum absolute atomic E-state index is 0.682. The molecular weight excluding hydrogens is 252 g/mol. The van der Waals surface area contributed by atoms with Gasteiger partial charge >= 0.3 is 0 Å². The summed E-state index contributed by atoms with van der Waals surface area (Å²) in [4.78, 5) is 5.92. The molecule has 1 aliphatic rings. The number of benzene rings is 1. The van der Waals surface area contributed by atoms with Gasteiger partial charge < -0.3 is 5.73 Å². The predicted molar refractivity (Wildman–Crippen MR) is 81.7 cm³/mol. The van der Waals surface area contributed by atoms with E-state index < -0.39 is 0 Å². The first-order chi connectivity index (χ1) is 9.28. The highest BCUT2D eigenvalue weighted by Crippen LogP contribution is 2.43. The highest BCUT2D eigenvalue weighted by atomic mass is 32.1. The molecule has 1 aromatic heterocycles. The van der Waals surface area contributed by atoms with Crippen molar-refractivity contribution in [3.8, 4) is 0 Å². The van der Waals surface area contributed by atoms with E-state index in [9.17, 15) is 0 Å². The largest absolute Gasteiger partial charge is 0.375 e. The van der Waals surface area contributed by atoms with Gasteiger partial charge in [-0.15, -0.1) is 11.3 Å². The Morgan fingerprint density at radius 1 is 1.26 bits per heavy atom. The quantitative estimate of drug-likeness (QED) is 0.888. The lowest BCUT2D eigenvalue weighted by Crippen LogP contribution is -1.96. The molecule has 0 atom stereocenters. The highest BCUT2D eigenvalue weighted by molar-refractivity contribution is 7.15. The average molecular weight is 272 g/mol. The van der Waals surface area contributed by atoms with E-state index in [4.69, 9.17) is 5.73 Å². The molecule has 2 N–H and O–H groups in total. The van der Waals surface area contributed by atoms with Crippen molar-refractivity contribution in [1.82, 2.24) is 4.98 Å². The van der Waals surface area contributed by atoms with Gasteiger partial charge in [0.05, 0.1) is 5.69 Å². The number of aryl methyl sites for hydroxylation is 1. The smallest absolute Gasteiger partial charge is 0.180 e. The summed E-state index contributed by atoms with van der Waals surface area (Å²) in [5, 5.41) is 0.727. The van der Waals surface area contributed by atoms with Crippen LogP contribution < -0.4 is 5.73 Å². The molecule has 2 nitrogen and oxygen atoms in total. The van der Waals surface area contributed by atoms with Crippen molar-refractivity contribution < 1.29 is 0 Å². The van der Waals surface area contributed by atoms with Crippen molar-refractivity contribution in [2.24, 2.45) is 0 Å². The second-order valence-electron chi connectivity index (χ2n) is 5.33. The number of nitrogen functional groups attached to an aromatic ring is 1. The minimum atomic E-state index is 0.682. The van der Waals surface area contributed by atoms with E-state index in [2.05, 4.69) is 36.2 Å². The van der Waals surface area contributed by atoms with Crippen LogP contribution in [0.1, 0.15) is 53.8 Å². The number of thiazole rings is 1. The fraction of sp³-hybridized carbons (Fsp3) is 0.438. The molecule has 1 aromatic carbocycles. The van der Waals surface area contributed by atoms with E-state index >= 15 is 0 Å². The maximum absolute atomic E-state index is 5.90. The summed E-state index contributed by atoms with van der Waals surface area (Å²) in [5.41, 5.74) is 10.1. The third-order valence-electron chi connectivity index (χ3n) is 3.70. The Balaban J connectivity index is 1.88. The van der Waals surface area contributed by atoms with Gasteiger partial charge in [0.25, 0.3) is 0 Å². The Morgan fingerprint density at radius 2 is 2.00 bits per heavy atom. The molecule has 1 heterocycles. The molecule has 1 fully saturated rings. The number of hydrogen-bond donors (Lipinski definition) is 1. The Labute approximate surface area is 118 Å². The minimum Gasteiger partial charge on any atom is -0.375 e. The summed E-state index contributed by atoms with van der Waals surface area (Å²) >= 11 is 1.67. The molecule has 3 rings (SSSR count). The lowest BCUT2D eigenvalue weighted by atomic mass is 9.99. The van der Waals surface area contributed by atoms with Gasteiger partial charge in [-0.1, -0.05) is 37.6 Å². The number of aromatic nitrogens is 1. The van der Waals surface area contributed by atoms with Crippen LogP contribution in [0.2, 0.25) is 0 Å². The van der Waals surface area contributed by atoms with Crippen molar-refractivity contribution >= 4 is 16.5 Å². The molecule has 2 aromatic rings. The van der Waals surface area contributed by atoms with Crippen LogP contribution in [0.25, 0.3) is 0 Å². The van der Waals surface area contributed by atoms with E-state index in [-0.39, 0.29) is 0 Å². The van der Waals surface area contributed by atoms with Crippen molar-refractivity contribution in [3.63, 3.8) is 0 Å². The molecule has 19 heavy (non-hydrogen) atoms. The Kier molecular flexibility index (Phi) is 3.56. The lowest BCUT2D eigenvalue weighted by molar-refractivity contribution is 0.902. The summed E-state index contributed by atoms with van der Waals surface area (Å²) in [7, 11) is 0. The fourth-order valence-electron chi connectivity index (χ4n) is 2.60. The Morgan fingerprint density at radius 3 is 2.68 bits per heavy atom. The van der Waals surface area contributed by atoms with E-state index in [0.29, 0.717) is 5.92 Å². The SMILES string of the molecule is CCCc1ccccc1Cc1sc(N)nc1C1CC1. The van der Waals surface area contributed by atoms with Gasteiger partial charge in [0.2, 0.25) is 0 Å². The van der Waals surface area contributed by atoms with Gasteiger partial charge in [0.1, 0.15) is 0 Å². The van der Waals surface area contributed by atoms with Crippen molar-refractivity contribution in [2.45, 2.75) is 44.9 Å². The normalized spacial score (nSPS) is 14.8. The van der Waals surface area contributed by atoms with Crippen LogP contribution >= 0.6 is 11.3 Å². The topological polar surface area (TPSA) is 38.9 Å². The second kappa shape index (κ2) is 5.33. The van der Waals surface area contributed by atoms with Crippen LogP contribution in [0.4, 0.5) is 5.13 Å². The first-order valence-electron chi connectivity index (χ1n) is 7.09. The maximum atomic E-state index is 5.90. The van der Waals surface area contributed by atoms with Gasteiger partial charge in [-0.25, -0.2) is 4.98 Å². The van der Waals surface area contributed by atoms with Crippen LogP contribution in [0.3, 0.4) is 0 Å². The fourth-order valence-corrected chi connectivity index (χ4v) is 3.54. The van der Waals surface area contributed by atoms with Gasteiger partial charge in [0, 0.05) is 17.2 Å². The zero-order chi connectivity index (χ0) is 13.2. The van der Waals surface area contributed by atoms with Crippen molar-refractivity contribution in [3.05, 3.63) is 46.0 Å². The van der Waals surface area contributed by atoms with Crippen molar-refractivity contribution in [2.75, 3.05) is 5.73 Å². The van der Waals surface area contributed by atoms with Crippen LogP contribution in [0.5, 0.6) is 0 Å². The van der Waals surface area contributed by atoms with Crippen LogP contribution in [-0.2, 0) is 12.8 Å². The average Bonchev–Trinajstić information content (AvgIpc) is 3.17. The summed E-state index contributed by atoms with van der Waals surface area (Å²) in [6.45, 7) is 2.23. The molecule has 3 heteroatoms. The lowest BCUT2D eigenvalue weighted by Gasteiger charge is -2.08. The van der Waals surface area contributed by atoms with Gasteiger partial charge in [-0.3, -0.25) is 0 Å². The molecule has 1 aliphatic carbocycles. The third-order valence-corrected chi connectivity index (χ3v) is 4.60. The highest BCUT2D eigenvalue weighted by Gasteiger charge is 2.29. The maximum Gasteiger partial charge on any atom is 0.180 e. The number of anilines is 1. The summed E-state index contributed by atoms with van der Waals surface area (Å²) in [6.07, 6.45) is 5.91. The summed E-state index contributed by atoms with van der Waals surface area (Å²) in [6, 6.07) is 8.77. The van der Waals surface area contributed by atoms with Gasteiger partial charge in [-0.05, 0) is 30.4 Å². The number of nitrogens with two attached hydrogens (primary N) is 1. The zero-order valence-corrected chi connectivity index (χ0v) is 12.2. The number of hydrogen-bond acceptors (Lipinski definition) is 3. The molecular formula is C16H20N2S. The molecule has 0 bridgehead atoms. The zero-order valence-electron chi connectivity index (χ0n) is 11.4. The Bertz CT molecular complexity index is 570. The van der Waals surface area contributed by atoms with E-state index in [0.717, 1.165) is 18.0 Å². The van der Waals surface area contributed by atoms with Crippen LogP contribution in [0, 0.1) is 0 Å².